The summed E-state index contributed by atoms with van der Waals surface area (Å²) in [6, 6.07) is 19.5. The zero-order chi connectivity index (χ0) is 18.0. The van der Waals surface area contributed by atoms with E-state index in [1.165, 1.54) is 16.7 Å². The van der Waals surface area contributed by atoms with Crippen molar-refractivity contribution in [3.63, 3.8) is 0 Å². The lowest BCUT2D eigenvalue weighted by Crippen LogP contribution is -2.50. The molecule has 2 heterocycles. The van der Waals surface area contributed by atoms with Crippen LogP contribution in [-0.4, -0.2) is 61.9 Å². The Morgan fingerprint density at radius 1 is 0.846 bits per heavy atom. The fourth-order valence-electron chi connectivity index (χ4n) is 4.04. The van der Waals surface area contributed by atoms with E-state index in [4.69, 9.17) is 0 Å². The molecule has 2 aromatic carbocycles. The number of rotatable bonds is 4. The Morgan fingerprint density at radius 3 is 2.12 bits per heavy atom. The van der Waals surface area contributed by atoms with Gasteiger partial charge in [-0.2, -0.15) is 0 Å². The van der Waals surface area contributed by atoms with Crippen LogP contribution in [0.5, 0.6) is 0 Å². The van der Waals surface area contributed by atoms with Gasteiger partial charge in [0.05, 0.1) is 11.5 Å². The van der Waals surface area contributed by atoms with Gasteiger partial charge in [0, 0.05) is 38.8 Å². The third-order valence-electron chi connectivity index (χ3n) is 5.60. The second kappa shape index (κ2) is 7.51. The Morgan fingerprint density at radius 2 is 1.50 bits per heavy atom. The number of piperazine rings is 1. The minimum Gasteiger partial charge on any atom is -0.297 e. The second-order valence-corrected chi connectivity index (χ2v) is 9.66. The Bertz CT molecular complexity index is 826. The summed E-state index contributed by atoms with van der Waals surface area (Å²) in [5, 5.41) is 0. The predicted octanol–water partition coefficient (Wildman–Crippen LogP) is 2.66. The fraction of sp³-hybridized carbons (Fsp3) is 0.429. The summed E-state index contributed by atoms with van der Waals surface area (Å²) in [7, 11) is -2.79. The van der Waals surface area contributed by atoms with Crippen molar-refractivity contribution in [2.45, 2.75) is 19.0 Å². The number of sulfone groups is 1. The van der Waals surface area contributed by atoms with Gasteiger partial charge in [0.15, 0.2) is 9.84 Å². The topological polar surface area (TPSA) is 40.6 Å². The van der Waals surface area contributed by atoms with Crippen LogP contribution in [-0.2, 0) is 16.4 Å². The summed E-state index contributed by atoms with van der Waals surface area (Å²) < 4.78 is 23.4. The van der Waals surface area contributed by atoms with Gasteiger partial charge in [-0.05, 0) is 23.1 Å². The molecule has 0 aromatic heterocycles. The Hall–Kier alpha value is -1.69. The lowest BCUT2D eigenvalue weighted by molar-refractivity contribution is 0.100. The predicted molar refractivity (Wildman–Crippen MR) is 106 cm³/mol. The maximum atomic E-state index is 11.7. The first-order valence-corrected chi connectivity index (χ1v) is 11.2. The van der Waals surface area contributed by atoms with Crippen molar-refractivity contribution in [2.75, 3.05) is 37.7 Å². The van der Waals surface area contributed by atoms with Gasteiger partial charge in [-0.25, -0.2) is 8.42 Å². The van der Waals surface area contributed by atoms with Crippen molar-refractivity contribution in [1.82, 2.24) is 9.80 Å². The Kier molecular flexibility index (Phi) is 5.11. The molecule has 4 rings (SSSR count). The van der Waals surface area contributed by atoms with Crippen LogP contribution >= 0.6 is 0 Å². The molecular weight excluding hydrogens is 344 g/mol. The summed E-state index contributed by atoms with van der Waals surface area (Å²) in [5.41, 5.74) is 3.84. The maximum absolute atomic E-state index is 11.7. The van der Waals surface area contributed by atoms with E-state index in [1.54, 1.807) is 0 Å². The van der Waals surface area contributed by atoms with E-state index in [2.05, 4.69) is 58.3 Å². The molecule has 2 aliphatic heterocycles. The molecule has 1 atom stereocenters. The normalized spacial score (nSPS) is 23.9. The highest BCUT2D eigenvalue weighted by Crippen LogP contribution is 2.22. The Labute approximate surface area is 156 Å². The summed E-state index contributed by atoms with van der Waals surface area (Å²) in [6.45, 7) is 4.93. The van der Waals surface area contributed by atoms with Crippen LogP contribution in [0.1, 0.15) is 12.0 Å². The molecule has 2 aliphatic rings. The molecule has 5 heteroatoms. The van der Waals surface area contributed by atoms with Crippen LogP contribution in [0.4, 0.5) is 0 Å². The van der Waals surface area contributed by atoms with Crippen LogP contribution in [0.25, 0.3) is 11.1 Å². The molecule has 2 saturated heterocycles. The average molecular weight is 371 g/mol. The highest BCUT2D eigenvalue weighted by molar-refractivity contribution is 7.91. The first-order valence-electron chi connectivity index (χ1n) is 9.40. The first kappa shape index (κ1) is 17.7. The van der Waals surface area contributed by atoms with E-state index in [1.807, 2.05) is 6.07 Å². The van der Waals surface area contributed by atoms with E-state index >= 15 is 0 Å². The van der Waals surface area contributed by atoms with Crippen LogP contribution < -0.4 is 0 Å². The monoisotopic (exact) mass is 370 g/mol. The first-order chi connectivity index (χ1) is 12.6. The van der Waals surface area contributed by atoms with E-state index in [-0.39, 0.29) is 6.04 Å². The van der Waals surface area contributed by atoms with Gasteiger partial charge in [-0.3, -0.25) is 9.80 Å². The highest BCUT2D eigenvalue weighted by Gasteiger charge is 2.33. The maximum Gasteiger partial charge on any atom is 0.151 e. The molecule has 1 unspecified atom stereocenters. The lowest BCUT2D eigenvalue weighted by Gasteiger charge is -2.37. The molecule has 0 saturated carbocycles. The van der Waals surface area contributed by atoms with Crippen LogP contribution in [0.2, 0.25) is 0 Å². The molecule has 138 valence electrons. The highest BCUT2D eigenvalue weighted by atomic mass is 32.2. The van der Waals surface area contributed by atoms with Gasteiger partial charge >= 0.3 is 0 Å². The molecule has 2 fully saturated rings. The molecule has 2 aromatic rings. The minimum atomic E-state index is -2.79. The van der Waals surface area contributed by atoms with E-state index < -0.39 is 9.84 Å². The molecule has 0 N–H and O–H groups in total. The number of hydrogen-bond donors (Lipinski definition) is 0. The van der Waals surface area contributed by atoms with Gasteiger partial charge in [0.25, 0.3) is 0 Å². The van der Waals surface area contributed by atoms with Crippen LogP contribution in [0, 0.1) is 0 Å². The summed E-state index contributed by atoms with van der Waals surface area (Å²) in [4.78, 5) is 4.84. The van der Waals surface area contributed by atoms with Crippen LogP contribution in [0.3, 0.4) is 0 Å². The summed E-state index contributed by atoms with van der Waals surface area (Å²) >= 11 is 0. The quantitative estimate of drug-likeness (QED) is 0.830. The van der Waals surface area contributed by atoms with Crippen molar-refractivity contribution in [3.05, 3.63) is 60.2 Å². The SMILES string of the molecule is O=S1(=O)CCC(N2CCN(Cc3ccc(-c4ccccc4)cc3)CC2)C1. The Balaban J connectivity index is 1.31. The van der Waals surface area contributed by atoms with Gasteiger partial charge in [0.2, 0.25) is 0 Å². The van der Waals surface area contributed by atoms with E-state index in [0.29, 0.717) is 11.5 Å². The van der Waals surface area contributed by atoms with Gasteiger partial charge < -0.3 is 0 Å². The minimum absolute atomic E-state index is 0.243. The van der Waals surface area contributed by atoms with Gasteiger partial charge in [-0.15, -0.1) is 0 Å². The lowest BCUT2D eigenvalue weighted by atomic mass is 10.0. The molecule has 0 spiro atoms. The second-order valence-electron chi connectivity index (χ2n) is 7.43. The third kappa shape index (κ3) is 4.17. The van der Waals surface area contributed by atoms with Crippen molar-refractivity contribution in [1.29, 1.82) is 0 Å². The molecule has 0 bridgehead atoms. The van der Waals surface area contributed by atoms with E-state index in [9.17, 15) is 8.42 Å². The van der Waals surface area contributed by atoms with Gasteiger partial charge in [0.1, 0.15) is 0 Å². The molecule has 26 heavy (non-hydrogen) atoms. The van der Waals surface area contributed by atoms with E-state index in [0.717, 1.165) is 39.1 Å². The van der Waals surface area contributed by atoms with Crippen molar-refractivity contribution in [3.8, 4) is 11.1 Å². The number of nitrogens with zero attached hydrogens (tertiary/aromatic N) is 2. The molecule has 0 amide bonds. The largest absolute Gasteiger partial charge is 0.297 e. The zero-order valence-electron chi connectivity index (χ0n) is 15.0. The summed E-state index contributed by atoms with van der Waals surface area (Å²) in [5.74, 6) is 0.722. The number of hydrogen-bond acceptors (Lipinski definition) is 4. The van der Waals surface area contributed by atoms with Crippen molar-refractivity contribution >= 4 is 9.84 Å². The zero-order valence-corrected chi connectivity index (χ0v) is 15.9. The third-order valence-corrected chi connectivity index (χ3v) is 7.35. The van der Waals surface area contributed by atoms with Gasteiger partial charge in [-0.1, -0.05) is 54.6 Å². The summed E-state index contributed by atoms with van der Waals surface area (Å²) in [6.07, 6.45) is 0.809. The fourth-order valence-corrected chi connectivity index (χ4v) is 5.80. The smallest absolute Gasteiger partial charge is 0.151 e. The van der Waals surface area contributed by atoms with Crippen molar-refractivity contribution < 1.29 is 8.42 Å². The average Bonchev–Trinajstić information content (AvgIpc) is 3.04. The number of benzene rings is 2. The van der Waals surface area contributed by atoms with Crippen LogP contribution in [0.15, 0.2) is 54.6 Å². The molecule has 0 radical (unpaired) electrons. The van der Waals surface area contributed by atoms with Crippen molar-refractivity contribution in [2.24, 2.45) is 0 Å². The molecular formula is C21H26N2O2S. The molecule has 0 aliphatic carbocycles. The standard InChI is InChI=1S/C21H26N2O2S/c24-26(25)15-10-21(17-26)23-13-11-22(12-14-23)16-18-6-8-20(9-7-18)19-4-2-1-3-5-19/h1-9,21H,10-17H2. The molecule has 4 nitrogen and oxygen atoms in total.